The fraction of sp³-hybridized carbons (Fsp3) is 0.412. The molecule has 3 rings (SSSR count). The summed E-state index contributed by atoms with van der Waals surface area (Å²) in [6, 6.07) is 8.86. The Kier molecular flexibility index (Phi) is 4.82. The Morgan fingerprint density at radius 1 is 1.35 bits per heavy atom. The van der Waals surface area contributed by atoms with Crippen LogP contribution in [-0.2, 0) is 0 Å². The Labute approximate surface area is 140 Å². The van der Waals surface area contributed by atoms with E-state index in [2.05, 4.69) is 0 Å². The number of hydrogen-bond acceptors (Lipinski definition) is 4. The van der Waals surface area contributed by atoms with Gasteiger partial charge in [-0.3, -0.25) is 4.79 Å². The molecule has 2 N–H and O–H groups in total. The summed E-state index contributed by atoms with van der Waals surface area (Å²) in [7, 11) is 0. The SMILES string of the molecule is CC1(C)CN(C(=O)c2cc3ccccc3oc2=O)CCC1N.Cl. The quantitative estimate of drug-likeness (QED) is 0.811. The molecule has 1 aliphatic heterocycles. The van der Waals surface area contributed by atoms with Crippen molar-refractivity contribution in [1.29, 1.82) is 0 Å². The fourth-order valence-corrected chi connectivity index (χ4v) is 2.93. The summed E-state index contributed by atoms with van der Waals surface area (Å²) >= 11 is 0. The monoisotopic (exact) mass is 336 g/mol. The number of amides is 1. The molecule has 0 saturated carbocycles. The van der Waals surface area contributed by atoms with E-state index < -0.39 is 5.63 Å². The third kappa shape index (κ3) is 3.26. The number of carbonyl (C=O) groups is 1. The van der Waals surface area contributed by atoms with Crippen LogP contribution in [0.1, 0.15) is 30.6 Å². The molecule has 124 valence electrons. The summed E-state index contributed by atoms with van der Waals surface area (Å²) in [5, 5.41) is 0.749. The molecule has 1 aromatic heterocycles. The standard InChI is InChI=1S/C17H20N2O3.ClH/c1-17(2)10-19(8-7-14(17)18)15(20)12-9-11-5-3-4-6-13(11)22-16(12)21;/h3-6,9,14H,7-8,10,18H2,1-2H3;1H. The highest BCUT2D eigenvalue weighted by Crippen LogP contribution is 2.28. The summed E-state index contributed by atoms with van der Waals surface area (Å²) in [6.45, 7) is 5.19. The van der Waals surface area contributed by atoms with Gasteiger partial charge in [0.05, 0.1) is 0 Å². The van der Waals surface area contributed by atoms with E-state index in [-0.39, 0.29) is 35.3 Å². The largest absolute Gasteiger partial charge is 0.422 e. The molecule has 2 aromatic rings. The molecule has 2 heterocycles. The second kappa shape index (κ2) is 6.34. The summed E-state index contributed by atoms with van der Waals surface area (Å²) in [5.74, 6) is -0.278. The maximum Gasteiger partial charge on any atom is 0.349 e. The van der Waals surface area contributed by atoms with E-state index in [1.165, 1.54) is 0 Å². The number of piperidine rings is 1. The number of carbonyl (C=O) groups excluding carboxylic acids is 1. The number of nitrogens with two attached hydrogens (primary N) is 1. The predicted octanol–water partition coefficient (Wildman–Crippen LogP) is 2.41. The predicted molar refractivity (Wildman–Crippen MR) is 92.0 cm³/mol. The van der Waals surface area contributed by atoms with E-state index in [0.717, 1.165) is 11.8 Å². The van der Waals surface area contributed by atoms with Crippen LogP contribution in [0.15, 0.2) is 39.5 Å². The molecule has 1 saturated heterocycles. The Morgan fingerprint density at radius 2 is 2.04 bits per heavy atom. The lowest BCUT2D eigenvalue weighted by molar-refractivity contribution is 0.0529. The van der Waals surface area contributed by atoms with Gasteiger partial charge < -0.3 is 15.1 Å². The number of halogens is 1. The van der Waals surface area contributed by atoms with Crippen molar-refractivity contribution in [2.75, 3.05) is 13.1 Å². The Hall–Kier alpha value is -1.85. The molecule has 0 spiro atoms. The van der Waals surface area contributed by atoms with Crippen LogP contribution in [0.25, 0.3) is 11.0 Å². The first-order valence-electron chi connectivity index (χ1n) is 7.46. The van der Waals surface area contributed by atoms with E-state index >= 15 is 0 Å². The molecule has 1 aliphatic rings. The average molecular weight is 337 g/mol. The van der Waals surface area contributed by atoms with E-state index in [1.54, 1.807) is 23.1 Å². The average Bonchev–Trinajstić information content (AvgIpc) is 2.48. The minimum absolute atomic E-state index is 0. The molecule has 1 aromatic carbocycles. The van der Waals surface area contributed by atoms with Crippen molar-refractivity contribution < 1.29 is 9.21 Å². The number of para-hydroxylation sites is 1. The van der Waals surface area contributed by atoms with Crippen LogP contribution in [0.2, 0.25) is 0 Å². The molecule has 0 aliphatic carbocycles. The minimum atomic E-state index is -0.587. The third-order valence-corrected chi connectivity index (χ3v) is 4.47. The molecule has 0 radical (unpaired) electrons. The van der Waals surface area contributed by atoms with Gasteiger partial charge in [-0.2, -0.15) is 0 Å². The van der Waals surface area contributed by atoms with Gasteiger partial charge in [0.1, 0.15) is 11.1 Å². The normalized spacial score (nSPS) is 20.1. The summed E-state index contributed by atoms with van der Waals surface area (Å²) in [4.78, 5) is 26.5. The second-order valence-electron chi connectivity index (χ2n) is 6.60. The van der Waals surface area contributed by atoms with Gasteiger partial charge in [-0.25, -0.2) is 4.79 Å². The molecular formula is C17H21ClN2O3. The zero-order valence-electron chi connectivity index (χ0n) is 13.2. The highest BCUT2D eigenvalue weighted by Gasteiger charge is 2.36. The number of nitrogens with zero attached hydrogens (tertiary/aromatic N) is 1. The van der Waals surface area contributed by atoms with Gasteiger partial charge in [0, 0.05) is 24.5 Å². The number of hydrogen-bond donors (Lipinski definition) is 1. The highest BCUT2D eigenvalue weighted by molar-refractivity contribution is 5.96. The second-order valence-corrected chi connectivity index (χ2v) is 6.60. The first kappa shape index (κ1) is 17.5. The van der Waals surface area contributed by atoms with Crippen LogP contribution in [0.4, 0.5) is 0 Å². The van der Waals surface area contributed by atoms with Crippen molar-refractivity contribution in [3.05, 3.63) is 46.3 Å². The molecule has 1 amide bonds. The summed E-state index contributed by atoms with van der Waals surface area (Å²) in [6.07, 6.45) is 0.734. The van der Waals surface area contributed by atoms with Crippen molar-refractivity contribution in [2.24, 2.45) is 11.1 Å². The first-order chi connectivity index (χ1) is 10.4. The molecule has 1 unspecified atom stereocenters. The molecule has 0 bridgehead atoms. The summed E-state index contributed by atoms with van der Waals surface area (Å²) < 4.78 is 5.25. The van der Waals surface area contributed by atoms with Crippen LogP contribution in [0.3, 0.4) is 0 Å². The maximum atomic E-state index is 12.7. The molecule has 5 nitrogen and oxygen atoms in total. The van der Waals surface area contributed by atoms with Gasteiger partial charge >= 0.3 is 5.63 Å². The van der Waals surface area contributed by atoms with Gasteiger partial charge in [-0.1, -0.05) is 32.0 Å². The Bertz CT molecular complexity index is 785. The van der Waals surface area contributed by atoms with Crippen LogP contribution in [0.5, 0.6) is 0 Å². The van der Waals surface area contributed by atoms with Crippen LogP contribution >= 0.6 is 12.4 Å². The van der Waals surface area contributed by atoms with Crippen molar-refractivity contribution in [3.8, 4) is 0 Å². The van der Waals surface area contributed by atoms with Gasteiger partial charge in [0.25, 0.3) is 5.91 Å². The number of likely N-dealkylation sites (tertiary alicyclic amines) is 1. The first-order valence-corrected chi connectivity index (χ1v) is 7.46. The van der Waals surface area contributed by atoms with Crippen molar-refractivity contribution >= 4 is 29.3 Å². The number of benzene rings is 1. The van der Waals surface area contributed by atoms with Crippen molar-refractivity contribution in [2.45, 2.75) is 26.3 Å². The minimum Gasteiger partial charge on any atom is -0.422 e. The Morgan fingerprint density at radius 3 is 2.74 bits per heavy atom. The van der Waals surface area contributed by atoms with Crippen LogP contribution in [0, 0.1) is 5.41 Å². The highest BCUT2D eigenvalue weighted by atomic mass is 35.5. The lowest BCUT2D eigenvalue weighted by Crippen LogP contribution is -2.54. The maximum absolute atomic E-state index is 12.7. The van der Waals surface area contributed by atoms with Gasteiger partial charge in [-0.15, -0.1) is 12.4 Å². The van der Waals surface area contributed by atoms with Crippen LogP contribution in [-0.4, -0.2) is 29.9 Å². The number of fused-ring (bicyclic) bond motifs is 1. The van der Waals surface area contributed by atoms with Gasteiger partial charge in [-0.05, 0) is 24.0 Å². The molecule has 1 atom stereocenters. The van der Waals surface area contributed by atoms with Crippen molar-refractivity contribution in [1.82, 2.24) is 4.90 Å². The van der Waals surface area contributed by atoms with E-state index in [0.29, 0.717) is 18.7 Å². The topological polar surface area (TPSA) is 76.5 Å². The zero-order valence-corrected chi connectivity index (χ0v) is 14.1. The molecule has 23 heavy (non-hydrogen) atoms. The lowest BCUT2D eigenvalue weighted by Gasteiger charge is -2.42. The molecule has 6 heteroatoms. The van der Waals surface area contributed by atoms with Crippen molar-refractivity contribution in [3.63, 3.8) is 0 Å². The van der Waals surface area contributed by atoms with Gasteiger partial charge in [0.2, 0.25) is 0 Å². The Balaban J connectivity index is 0.00000192. The van der Waals surface area contributed by atoms with E-state index in [1.807, 2.05) is 26.0 Å². The lowest BCUT2D eigenvalue weighted by atomic mass is 9.79. The molecular weight excluding hydrogens is 316 g/mol. The summed E-state index contributed by atoms with van der Waals surface area (Å²) in [5.41, 5.74) is 5.93. The van der Waals surface area contributed by atoms with E-state index in [9.17, 15) is 9.59 Å². The van der Waals surface area contributed by atoms with E-state index in [4.69, 9.17) is 10.2 Å². The van der Waals surface area contributed by atoms with Gasteiger partial charge in [0.15, 0.2) is 0 Å². The zero-order chi connectivity index (χ0) is 15.9. The third-order valence-electron chi connectivity index (χ3n) is 4.47. The fourth-order valence-electron chi connectivity index (χ4n) is 2.93. The molecule has 1 fully saturated rings. The number of rotatable bonds is 1. The smallest absolute Gasteiger partial charge is 0.349 e. The van der Waals surface area contributed by atoms with Crippen LogP contribution < -0.4 is 11.4 Å².